The maximum atomic E-state index is 12.3. The lowest BCUT2D eigenvalue weighted by atomic mass is 9.94. The highest BCUT2D eigenvalue weighted by Crippen LogP contribution is 2.22. The van der Waals surface area contributed by atoms with Crippen LogP contribution in [0.2, 0.25) is 0 Å². The molecule has 96 valence electrons. The van der Waals surface area contributed by atoms with Crippen molar-refractivity contribution in [2.45, 2.75) is 39.0 Å². The summed E-state index contributed by atoms with van der Waals surface area (Å²) in [6.45, 7) is 3.09. The van der Waals surface area contributed by atoms with Gasteiger partial charge in [-0.2, -0.15) is 10.4 Å². The molecule has 0 aromatic carbocycles. The van der Waals surface area contributed by atoms with Gasteiger partial charge >= 0.3 is 0 Å². The van der Waals surface area contributed by atoms with Gasteiger partial charge in [-0.1, -0.05) is 6.42 Å². The average Bonchev–Trinajstić information content (AvgIpc) is 2.58. The number of hydrazone groups is 1. The van der Waals surface area contributed by atoms with Gasteiger partial charge in [-0.3, -0.25) is 9.79 Å². The van der Waals surface area contributed by atoms with Crippen LogP contribution in [0.1, 0.15) is 39.0 Å². The van der Waals surface area contributed by atoms with Gasteiger partial charge in [0.2, 0.25) is 0 Å². The molecule has 0 aromatic rings. The van der Waals surface area contributed by atoms with E-state index in [1.165, 1.54) is 11.4 Å². The van der Waals surface area contributed by atoms with Crippen LogP contribution in [0.25, 0.3) is 0 Å². The van der Waals surface area contributed by atoms with E-state index in [0.717, 1.165) is 37.2 Å². The molecular weight excluding hydrogens is 228 g/mol. The molecule has 2 heterocycles. The van der Waals surface area contributed by atoms with Gasteiger partial charge in [0.25, 0.3) is 5.91 Å². The van der Waals surface area contributed by atoms with Crippen LogP contribution in [0, 0.1) is 17.2 Å². The van der Waals surface area contributed by atoms with Crippen LogP contribution in [0.5, 0.6) is 0 Å². The second-order valence-electron chi connectivity index (χ2n) is 4.73. The van der Waals surface area contributed by atoms with Crippen molar-refractivity contribution in [2.75, 3.05) is 13.1 Å². The minimum Gasteiger partial charge on any atom is -0.293 e. The van der Waals surface area contributed by atoms with E-state index in [0.29, 0.717) is 13.0 Å². The summed E-state index contributed by atoms with van der Waals surface area (Å²) >= 11 is 0. The molecule has 2 rings (SSSR count). The van der Waals surface area contributed by atoms with Gasteiger partial charge in [-0.15, -0.1) is 0 Å². The van der Waals surface area contributed by atoms with Gasteiger partial charge in [0.15, 0.2) is 0 Å². The zero-order valence-electron chi connectivity index (χ0n) is 10.7. The summed E-state index contributed by atoms with van der Waals surface area (Å²) in [7, 11) is 0. The molecule has 0 radical (unpaired) electrons. The van der Waals surface area contributed by atoms with Gasteiger partial charge in [0.05, 0.1) is 24.7 Å². The van der Waals surface area contributed by atoms with E-state index in [4.69, 9.17) is 5.26 Å². The molecule has 1 amide bonds. The number of rotatable bonds is 3. The van der Waals surface area contributed by atoms with E-state index in [1.807, 2.05) is 13.0 Å². The van der Waals surface area contributed by atoms with Crippen molar-refractivity contribution in [1.82, 2.24) is 5.01 Å². The Hall–Kier alpha value is -1.70. The molecule has 18 heavy (non-hydrogen) atoms. The maximum Gasteiger partial charge on any atom is 0.257 e. The predicted molar refractivity (Wildman–Crippen MR) is 69.3 cm³/mol. The van der Waals surface area contributed by atoms with Gasteiger partial charge in [-0.25, -0.2) is 5.01 Å². The number of hydrogen-bond acceptors (Lipinski definition) is 4. The third-order valence-corrected chi connectivity index (χ3v) is 3.37. The van der Waals surface area contributed by atoms with Gasteiger partial charge in [0.1, 0.15) is 5.92 Å². The van der Waals surface area contributed by atoms with Crippen LogP contribution in [0.4, 0.5) is 0 Å². The molecule has 5 heteroatoms. The number of hydrogen-bond donors (Lipinski definition) is 0. The summed E-state index contributed by atoms with van der Waals surface area (Å²) in [6, 6.07) is 2.04. The van der Waals surface area contributed by atoms with Gasteiger partial charge in [0, 0.05) is 12.3 Å². The Balaban J connectivity index is 2.10. The zero-order chi connectivity index (χ0) is 13.0. The summed E-state index contributed by atoms with van der Waals surface area (Å²) < 4.78 is 0. The third kappa shape index (κ3) is 2.58. The molecular formula is C13H18N4O. The first-order valence-electron chi connectivity index (χ1n) is 6.50. The van der Waals surface area contributed by atoms with Crippen LogP contribution < -0.4 is 0 Å². The molecule has 0 saturated heterocycles. The first-order valence-corrected chi connectivity index (χ1v) is 6.50. The lowest BCUT2D eigenvalue weighted by Crippen LogP contribution is -2.33. The van der Waals surface area contributed by atoms with Crippen LogP contribution in [0.15, 0.2) is 10.1 Å². The third-order valence-electron chi connectivity index (χ3n) is 3.37. The Morgan fingerprint density at radius 2 is 2.28 bits per heavy atom. The molecule has 0 bridgehead atoms. The highest BCUT2D eigenvalue weighted by Gasteiger charge is 2.36. The van der Waals surface area contributed by atoms with Crippen LogP contribution in [0.3, 0.4) is 0 Å². The molecule has 1 atom stereocenters. The second kappa shape index (κ2) is 5.76. The van der Waals surface area contributed by atoms with Crippen molar-refractivity contribution < 1.29 is 4.79 Å². The molecule has 0 spiro atoms. The molecule has 0 aliphatic carbocycles. The van der Waals surface area contributed by atoms with Crippen LogP contribution in [-0.4, -0.2) is 35.4 Å². The topological polar surface area (TPSA) is 68.8 Å². The first kappa shape index (κ1) is 12.7. The number of nitrogens with zero attached hydrogens (tertiary/aromatic N) is 4. The first-order chi connectivity index (χ1) is 8.74. The van der Waals surface area contributed by atoms with E-state index >= 15 is 0 Å². The van der Waals surface area contributed by atoms with Crippen molar-refractivity contribution in [2.24, 2.45) is 16.0 Å². The summed E-state index contributed by atoms with van der Waals surface area (Å²) in [6.07, 6.45) is 4.62. The standard InChI is InChI=1S/C13H18N4O/c1-10-12(11-6-3-2-4-8-15-11)13(18)17(16-10)9-5-7-14/h12H,2-6,8-9H2,1H3/t12-/m1/s1. The van der Waals surface area contributed by atoms with Gasteiger partial charge in [-0.05, 0) is 26.2 Å². The molecule has 0 N–H and O–H groups in total. The quantitative estimate of drug-likeness (QED) is 0.761. The number of nitriles is 1. The van der Waals surface area contributed by atoms with Crippen molar-refractivity contribution in [3.63, 3.8) is 0 Å². The largest absolute Gasteiger partial charge is 0.293 e. The molecule has 0 aromatic heterocycles. The van der Waals surface area contributed by atoms with Crippen molar-refractivity contribution >= 4 is 17.3 Å². The maximum absolute atomic E-state index is 12.3. The van der Waals surface area contributed by atoms with Crippen LogP contribution in [-0.2, 0) is 4.79 Å². The molecule has 5 nitrogen and oxygen atoms in total. The predicted octanol–water partition coefficient (Wildman–Crippen LogP) is 1.75. The number of aliphatic imine (C=N–C) groups is 1. The Bertz CT molecular complexity index is 433. The minimum atomic E-state index is -0.262. The summed E-state index contributed by atoms with van der Waals surface area (Å²) in [5, 5.41) is 14.3. The highest BCUT2D eigenvalue weighted by molar-refractivity contribution is 6.23. The fourth-order valence-electron chi connectivity index (χ4n) is 2.46. The lowest BCUT2D eigenvalue weighted by Gasteiger charge is -2.14. The summed E-state index contributed by atoms with van der Waals surface area (Å²) in [5.74, 6) is -0.273. The van der Waals surface area contributed by atoms with Crippen molar-refractivity contribution in [3.05, 3.63) is 0 Å². The van der Waals surface area contributed by atoms with E-state index in [-0.39, 0.29) is 11.8 Å². The molecule has 0 unspecified atom stereocenters. The van der Waals surface area contributed by atoms with E-state index in [2.05, 4.69) is 10.1 Å². The fourth-order valence-corrected chi connectivity index (χ4v) is 2.46. The highest BCUT2D eigenvalue weighted by atomic mass is 16.2. The molecule has 0 saturated carbocycles. The fraction of sp³-hybridized carbons (Fsp3) is 0.692. The Kier molecular flexibility index (Phi) is 4.08. The molecule has 2 aliphatic heterocycles. The Morgan fingerprint density at radius 3 is 3.06 bits per heavy atom. The monoisotopic (exact) mass is 246 g/mol. The normalized spacial score (nSPS) is 24.3. The Labute approximate surface area is 107 Å². The number of carbonyl (C=O) groups is 1. The average molecular weight is 246 g/mol. The summed E-state index contributed by atoms with van der Waals surface area (Å²) in [5.41, 5.74) is 1.80. The smallest absolute Gasteiger partial charge is 0.257 e. The SMILES string of the molecule is CC1=NN(CCC#N)C(=O)[C@H]1C1=NCCCCC1. The summed E-state index contributed by atoms with van der Waals surface area (Å²) in [4.78, 5) is 16.8. The molecule has 0 fully saturated rings. The number of carbonyl (C=O) groups excluding carboxylic acids is 1. The van der Waals surface area contributed by atoms with Crippen molar-refractivity contribution in [3.8, 4) is 6.07 Å². The Morgan fingerprint density at radius 1 is 1.44 bits per heavy atom. The van der Waals surface area contributed by atoms with Crippen molar-refractivity contribution in [1.29, 1.82) is 5.26 Å². The number of amides is 1. The van der Waals surface area contributed by atoms with E-state index in [9.17, 15) is 4.79 Å². The van der Waals surface area contributed by atoms with E-state index in [1.54, 1.807) is 0 Å². The second-order valence-corrected chi connectivity index (χ2v) is 4.73. The molecule has 2 aliphatic rings. The minimum absolute atomic E-state index is 0.0107. The van der Waals surface area contributed by atoms with Gasteiger partial charge < -0.3 is 0 Å². The lowest BCUT2D eigenvalue weighted by molar-refractivity contribution is -0.130. The zero-order valence-corrected chi connectivity index (χ0v) is 10.7. The van der Waals surface area contributed by atoms with E-state index < -0.39 is 0 Å². The van der Waals surface area contributed by atoms with Crippen LogP contribution >= 0.6 is 0 Å².